The van der Waals surface area contributed by atoms with Gasteiger partial charge in [-0.15, -0.1) is 5.10 Å². The van der Waals surface area contributed by atoms with Gasteiger partial charge in [-0.3, -0.25) is 0 Å². The molecular formula is C7H11N3. The van der Waals surface area contributed by atoms with Crippen LogP contribution in [0.4, 0.5) is 0 Å². The summed E-state index contributed by atoms with van der Waals surface area (Å²) in [7, 11) is 0. The molecule has 0 amide bonds. The fraction of sp³-hybridized carbons (Fsp3) is 0.429. The highest BCUT2D eigenvalue weighted by Crippen LogP contribution is 2.02. The first-order chi connectivity index (χ1) is 4.74. The van der Waals surface area contributed by atoms with Gasteiger partial charge in [-0.1, -0.05) is 11.8 Å². The zero-order chi connectivity index (χ0) is 7.56. The van der Waals surface area contributed by atoms with Gasteiger partial charge in [-0.05, 0) is 19.9 Å². The van der Waals surface area contributed by atoms with Crippen LogP contribution in [0, 0.1) is 0 Å². The fourth-order valence-electron chi connectivity index (χ4n) is 0.636. The molecule has 0 saturated heterocycles. The Kier molecular flexibility index (Phi) is 1.85. The van der Waals surface area contributed by atoms with Crippen LogP contribution in [0.3, 0.4) is 0 Å². The van der Waals surface area contributed by atoms with Crippen molar-refractivity contribution in [2.24, 2.45) is 0 Å². The van der Waals surface area contributed by atoms with E-state index in [9.17, 15) is 0 Å². The molecule has 0 fully saturated rings. The molecule has 1 aromatic heterocycles. The highest BCUT2D eigenvalue weighted by Gasteiger charge is 1.98. The second kappa shape index (κ2) is 2.64. The number of hydrogen-bond acceptors (Lipinski definition) is 2. The summed E-state index contributed by atoms with van der Waals surface area (Å²) < 4.78 is 1.80. The minimum absolute atomic E-state index is 0.376. The summed E-state index contributed by atoms with van der Waals surface area (Å²) in [4.78, 5) is 0. The van der Waals surface area contributed by atoms with Gasteiger partial charge in [0.05, 0.1) is 6.20 Å². The molecule has 0 saturated carbocycles. The molecule has 1 aromatic rings. The van der Waals surface area contributed by atoms with Crippen LogP contribution in [0.5, 0.6) is 0 Å². The quantitative estimate of drug-likeness (QED) is 0.618. The van der Waals surface area contributed by atoms with Crippen LogP contribution in [0.1, 0.15) is 25.6 Å². The van der Waals surface area contributed by atoms with E-state index < -0.39 is 0 Å². The Labute approximate surface area is 60.4 Å². The monoisotopic (exact) mass is 137 g/mol. The van der Waals surface area contributed by atoms with Gasteiger partial charge in [-0.25, -0.2) is 4.68 Å². The SMILES string of the molecule is C=Cc1cn(C(C)C)nn1. The normalized spacial score (nSPS) is 10.3. The Hall–Kier alpha value is -1.12. The van der Waals surface area contributed by atoms with E-state index in [0.717, 1.165) is 5.69 Å². The van der Waals surface area contributed by atoms with Crippen LogP contribution in [-0.2, 0) is 0 Å². The zero-order valence-corrected chi connectivity index (χ0v) is 6.28. The molecule has 1 rings (SSSR count). The molecule has 0 aliphatic heterocycles. The van der Waals surface area contributed by atoms with Gasteiger partial charge in [0.1, 0.15) is 5.69 Å². The van der Waals surface area contributed by atoms with Gasteiger partial charge in [0.2, 0.25) is 0 Å². The molecule has 0 bridgehead atoms. The van der Waals surface area contributed by atoms with Crippen molar-refractivity contribution in [3.05, 3.63) is 18.5 Å². The minimum Gasteiger partial charge on any atom is -0.249 e. The predicted molar refractivity (Wildman–Crippen MR) is 40.5 cm³/mol. The van der Waals surface area contributed by atoms with Crippen molar-refractivity contribution in [3.8, 4) is 0 Å². The van der Waals surface area contributed by atoms with Gasteiger partial charge in [0.15, 0.2) is 0 Å². The lowest BCUT2D eigenvalue weighted by molar-refractivity contribution is 0.514. The fourth-order valence-corrected chi connectivity index (χ4v) is 0.636. The molecule has 3 heteroatoms. The number of aromatic nitrogens is 3. The molecule has 54 valence electrons. The topological polar surface area (TPSA) is 30.7 Å². The van der Waals surface area contributed by atoms with Crippen LogP contribution in [0.15, 0.2) is 12.8 Å². The van der Waals surface area contributed by atoms with Crippen LogP contribution >= 0.6 is 0 Å². The molecular weight excluding hydrogens is 126 g/mol. The summed E-state index contributed by atoms with van der Waals surface area (Å²) in [6.45, 7) is 7.70. The minimum atomic E-state index is 0.376. The van der Waals surface area contributed by atoms with E-state index in [-0.39, 0.29) is 0 Å². The van der Waals surface area contributed by atoms with Crippen LogP contribution in [0.25, 0.3) is 6.08 Å². The van der Waals surface area contributed by atoms with Gasteiger partial charge in [-0.2, -0.15) is 0 Å². The van der Waals surface area contributed by atoms with E-state index in [1.807, 2.05) is 6.20 Å². The molecule has 0 radical (unpaired) electrons. The summed E-state index contributed by atoms with van der Waals surface area (Å²) in [6.07, 6.45) is 3.56. The average Bonchev–Trinajstić information content (AvgIpc) is 2.34. The molecule has 3 nitrogen and oxygen atoms in total. The third kappa shape index (κ3) is 1.23. The largest absolute Gasteiger partial charge is 0.249 e. The van der Waals surface area contributed by atoms with E-state index in [0.29, 0.717) is 6.04 Å². The standard InChI is InChI=1S/C7H11N3/c1-4-7-5-10(6(2)3)9-8-7/h4-6H,1H2,2-3H3. The zero-order valence-electron chi connectivity index (χ0n) is 6.28. The molecule has 0 atom stereocenters. The van der Waals surface area contributed by atoms with Crippen molar-refractivity contribution >= 4 is 6.08 Å². The third-order valence-corrected chi connectivity index (χ3v) is 1.27. The maximum Gasteiger partial charge on any atom is 0.105 e. The van der Waals surface area contributed by atoms with E-state index in [1.54, 1.807) is 10.8 Å². The molecule has 0 aromatic carbocycles. The Morgan fingerprint density at radius 1 is 1.70 bits per heavy atom. The Bertz CT molecular complexity index is 225. The Morgan fingerprint density at radius 3 is 2.70 bits per heavy atom. The van der Waals surface area contributed by atoms with Crippen molar-refractivity contribution in [2.45, 2.75) is 19.9 Å². The first kappa shape index (κ1) is 6.99. The molecule has 0 unspecified atom stereocenters. The average molecular weight is 137 g/mol. The van der Waals surface area contributed by atoms with E-state index in [1.165, 1.54) is 0 Å². The Morgan fingerprint density at radius 2 is 2.40 bits per heavy atom. The van der Waals surface area contributed by atoms with Crippen molar-refractivity contribution in [1.82, 2.24) is 15.0 Å². The van der Waals surface area contributed by atoms with Crippen LogP contribution in [0.2, 0.25) is 0 Å². The van der Waals surface area contributed by atoms with Crippen molar-refractivity contribution in [3.63, 3.8) is 0 Å². The van der Waals surface area contributed by atoms with Crippen molar-refractivity contribution < 1.29 is 0 Å². The maximum absolute atomic E-state index is 3.88. The molecule has 0 aliphatic rings. The van der Waals surface area contributed by atoms with Gasteiger partial charge < -0.3 is 0 Å². The van der Waals surface area contributed by atoms with E-state index in [2.05, 4.69) is 30.7 Å². The van der Waals surface area contributed by atoms with Crippen molar-refractivity contribution in [2.75, 3.05) is 0 Å². The summed E-state index contributed by atoms with van der Waals surface area (Å²) in [5, 5.41) is 7.73. The highest BCUT2D eigenvalue weighted by molar-refractivity contribution is 5.38. The van der Waals surface area contributed by atoms with Gasteiger partial charge in [0, 0.05) is 6.04 Å². The molecule has 0 N–H and O–H groups in total. The Balaban J connectivity index is 2.88. The summed E-state index contributed by atoms with van der Waals surface area (Å²) in [5.74, 6) is 0. The number of rotatable bonds is 2. The number of nitrogens with zero attached hydrogens (tertiary/aromatic N) is 3. The summed E-state index contributed by atoms with van der Waals surface area (Å²) in [5.41, 5.74) is 0.828. The van der Waals surface area contributed by atoms with Crippen LogP contribution in [-0.4, -0.2) is 15.0 Å². The van der Waals surface area contributed by atoms with Crippen molar-refractivity contribution in [1.29, 1.82) is 0 Å². The lowest BCUT2D eigenvalue weighted by Gasteiger charge is -2.00. The highest BCUT2D eigenvalue weighted by atomic mass is 15.4. The van der Waals surface area contributed by atoms with Gasteiger partial charge >= 0.3 is 0 Å². The summed E-state index contributed by atoms with van der Waals surface area (Å²) in [6, 6.07) is 0.376. The first-order valence-electron chi connectivity index (χ1n) is 3.28. The second-order valence-corrected chi connectivity index (χ2v) is 2.42. The summed E-state index contributed by atoms with van der Waals surface area (Å²) >= 11 is 0. The van der Waals surface area contributed by atoms with Crippen LogP contribution < -0.4 is 0 Å². The maximum atomic E-state index is 3.88. The lowest BCUT2D eigenvalue weighted by atomic mass is 10.4. The number of hydrogen-bond donors (Lipinski definition) is 0. The predicted octanol–water partition coefficient (Wildman–Crippen LogP) is 1.50. The molecule has 0 aliphatic carbocycles. The smallest absolute Gasteiger partial charge is 0.105 e. The third-order valence-electron chi connectivity index (χ3n) is 1.27. The second-order valence-electron chi connectivity index (χ2n) is 2.42. The first-order valence-corrected chi connectivity index (χ1v) is 3.28. The van der Waals surface area contributed by atoms with Gasteiger partial charge in [0.25, 0.3) is 0 Å². The molecule has 1 heterocycles. The molecule has 10 heavy (non-hydrogen) atoms. The molecule has 0 spiro atoms. The van der Waals surface area contributed by atoms with E-state index >= 15 is 0 Å². The lowest BCUT2D eigenvalue weighted by Crippen LogP contribution is -2.00. The van der Waals surface area contributed by atoms with E-state index in [4.69, 9.17) is 0 Å².